The molecule has 0 radical (unpaired) electrons. The van der Waals surface area contributed by atoms with E-state index in [1.165, 1.54) is 0 Å². The van der Waals surface area contributed by atoms with E-state index in [-0.39, 0.29) is 0 Å². The van der Waals surface area contributed by atoms with Crippen LogP contribution in [0.1, 0.15) is 12.0 Å². The van der Waals surface area contributed by atoms with E-state index in [4.69, 9.17) is 5.26 Å². The Morgan fingerprint density at radius 2 is 2.00 bits per heavy atom. The van der Waals surface area contributed by atoms with Gasteiger partial charge < -0.3 is 0 Å². The number of hydrogen-bond acceptors (Lipinski definition) is 1. The van der Waals surface area contributed by atoms with Crippen LogP contribution < -0.4 is 0 Å². The van der Waals surface area contributed by atoms with Crippen molar-refractivity contribution >= 4 is 0 Å². The molecule has 0 fully saturated rings. The molecule has 0 aliphatic rings. The second kappa shape index (κ2) is 4.50. The van der Waals surface area contributed by atoms with E-state index < -0.39 is 6.17 Å². The summed E-state index contributed by atoms with van der Waals surface area (Å²) in [5.41, 5.74) is 1.08. The molecule has 0 heterocycles. The first-order valence-electron chi connectivity index (χ1n) is 3.90. The van der Waals surface area contributed by atoms with Gasteiger partial charge in [-0.15, -0.1) is 0 Å². The average Bonchev–Trinajstić information content (AvgIpc) is 2.16. The van der Waals surface area contributed by atoms with E-state index in [1.54, 1.807) is 6.07 Å². The minimum absolute atomic E-state index is 0.292. The molecule has 0 bridgehead atoms. The Labute approximate surface area is 71.4 Å². The molecular formula is C10H10FN. The van der Waals surface area contributed by atoms with Gasteiger partial charge in [-0.25, -0.2) is 4.39 Å². The van der Waals surface area contributed by atoms with Gasteiger partial charge in [0, 0.05) is 0 Å². The molecule has 1 atom stereocenters. The van der Waals surface area contributed by atoms with Gasteiger partial charge in [0.2, 0.25) is 0 Å². The third kappa shape index (κ3) is 2.71. The van der Waals surface area contributed by atoms with Crippen molar-refractivity contribution in [2.45, 2.75) is 19.0 Å². The van der Waals surface area contributed by atoms with Crippen LogP contribution >= 0.6 is 0 Å². The van der Waals surface area contributed by atoms with Crippen molar-refractivity contribution in [1.29, 1.82) is 5.26 Å². The Bertz CT molecular complexity index is 263. The standard InChI is InChI=1S/C10H10FN/c11-10(8-12)7-6-9-4-2-1-3-5-9/h1-5,10H,6-7H2/t10-/m1/s1. The Morgan fingerprint density at radius 1 is 1.33 bits per heavy atom. The van der Waals surface area contributed by atoms with Crippen molar-refractivity contribution in [2.24, 2.45) is 0 Å². The maximum Gasteiger partial charge on any atom is 0.186 e. The fraction of sp³-hybridized carbons (Fsp3) is 0.300. The quantitative estimate of drug-likeness (QED) is 0.671. The molecule has 1 rings (SSSR count). The molecule has 0 aliphatic carbocycles. The molecule has 0 aromatic heterocycles. The summed E-state index contributed by atoms with van der Waals surface area (Å²) in [6, 6.07) is 11.2. The van der Waals surface area contributed by atoms with E-state index in [0.717, 1.165) is 5.56 Å². The summed E-state index contributed by atoms with van der Waals surface area (Å²) in [5, 5.41) is 8.19. The smallest absolute Gasteiger partial charge is 0.186 e. The van der Waals surface area contributed by atoms with E-state index in [9.17, 15) is 4.39 Å². The summed E-state index contributed by atoms with van der Waals surface area (Å²) in [6.07, 6.45) is -0.402. The zero-order valence-corrected chi connectivity index (χ0v) is 6.70. The van der Waals surface area contributed by atoms with Gasteiger partial charge in [-0.2, -0.15) is 5.26 Å². The van der Waals surface area contributed by atoms with Gasteiger partial charge in [0.25, 0.3) is 0 Å². The molecule has 0 spiro atoms. The Balaban J connectivity index is 2.40. The maximum absolute atomic E-state index is 12.5. The Kier molecular flexibility index (Phi) is 3.28. The van der Waals surface area contributed by atoms with Crippen molar-refractivity contribution in [3.05, 3.63) is 35.9 Å². The highest BCUT2D eigenvalue weighted by Gasteiger charge is 2.02. The molecule has 0 saturated carbocycles. The maximum atomic E-state index is 12.5. The van der Waals surface area contributed by atoms with E-state index >= 15 is 0 Å². The zero-order valence-electron chi connectivity index (χ0n) is 6.70. The molecule has 12 heavy (non-hydrogen) atoms. The van der Waals surface area contributed by atoms with Crippen LogP contribution in [0.15, 0.2) is 30.3 Å². The first-order valence-corrected chi connectivity index (χ1v) is 3.90. The van der Waals surface area contributed by atoms with Crippen LogP contribution in [-0.4, -0.2) is 6.17 Å². The van der Waals surface area contributed by atoms with Crippen molar-refractivity contribution < 1.29 is 4.39 Å². The first kappa shape index (κ1) is 8.73. The third-order valence-corrected chi connectivity index (χ3v) is 1.67. The van der Waals surface area contributed by atoms with Gasteiger partial charge >= 0.3 is 0 Å². The van der Waals surface area contributed by atoms with Gasteiger partial charge in [0.05, 0.1) is 6.07 Å². The Morgan fingerprint density at radius 3 is 2.58 bits per heavy atom. The number of hydrogen-bond donors (Lipinski definition) is 0. The molecule has 1 aromatic rings. The van der Waals surface area contributed by atoms with E-state index in [1.807, 2.05) is 30.3 Å². The lowest BCUT2D eigenvalue weighted by Gasteiger charge is -1.99. The number of nitriles is 1. The lowest BCUT2D eigenvalue weighted by Crippen LogP contribution is -1.97. The molecule has 0 aliphatic heterocycles. The Hall–Kier alpha value is -1.36. The summed E-state index contributed by atoms with van der Waals surface area (Å²) >= 11 is 0. The summed E-state index contributed by atoms with van der Waals surface area (Å²) in [5.74, 6) is 0. The van der Waals surface area contributed by atoms with E-state index in [2.05, 4.69) is 0 Å². The van der Waals surface area contributed by atoms with Crippen LogP contribution in [0.2, 0.25) is 0 Å². The van der Waals surface area contributed by atoms with Crippen LogP contribution in [0.3, 0.4) is 0 Å². The second-order valence-corrected chi connectivity index (χ2v) is 2.62. The lowest BCUT2D eigenvalue weighted by molar-refractivity contribution is 0.387. The highest BCUT2D eigenvalue weighted by atomic mass is 19.1. The predicted octanol–water partition coefficient (Wildman–Crippen LogP) is 2.48. The van der Waals surface area contributed by atoms with Crippen LogP contribution in [-0.2, 0) is 6.42 Å². The summed E-state index contributed by atoms with van der Waals surface area (Å²) in [4.78, 5) is 0. The number of benzene rings is 1. The van der Waals surface area contributed by atoms with Gasteiger partial charge in [-0.3, -0.25) is 0 Å². The van der Waals surface area contributed by atoms with Gasteiger partial charge in [-0.1, -0.05) is 30.3 Å². The highest BCUT2D eigenvalue weighted by molar-refractivity contribution is 5.14. The van der Waals surface area contributed by atoms with Crippen LogP contribution in [0.4, 0.5) is 4.39 Å². The fourth-order valence-electron chi connectivity index (χ4n) is 1.00. The molecule has 0 unspecified atom stereocenters. The second-order valence-electron chi connectivity index (χ2n) is 2.62. The largest absolute Gasteiger partial charge is 0.231 e. The van der Waals surface area contributed by atoms with Crippen molar-refractivity contribution in [1.82, 2.24) is 0 Å². The van der Waals surface area contributed by atoms with Crippen molar-refractivity contribution in [3.63, 3.8) is 0 Å². The summed E-state index contributed by atoms with van der Waals surface area (Å²) in [7, 11) is 0. The molecule has 0 amide bonds. The minimum atomic E-state index is -1.33. The third-order valence-electron chi connectivity index (χ3n) is 1.67. The number of rotatable bonds is 3. The van der Waals surface area contributed by atoms with Gasteiger partial charge in [0.1, 0.15) is 0 Å². The zero-order chi connectivity index (χ0) is 8.81. The van der Waals surface area contributed by atoms with Crippen LogP contribution in [0.25, 0.3) is 0 Å². The average molecular weight is 163 g/mol. The SMILES string of the molecule is N#C[C@H](F)CCc1ccccc1. The first-order chi connectivity index (χ1) is 5.83. The molecule has 1 nitrogen and oxygen atoms in total. The summed E-state index contributed by atoms with van der Waals surface area (Å²) < 4.78 is 12.5. The molecule has 0 N–H and O–H groups in total. The predicted molar refractivity (Wildman–Crippen MR) is 45.3 cm³/mol. The highest BCUT2D eigenvalue weighted by Crippen LogP contribution is 2.06. The number of halogens is 1. The number of aryl methyl sites for hydroxylation is 1. The normalized spacial score (nSPS) is 12.0. The molecule has 1 aromatic carbocycles. The van der Waals surface area contributed by atoms with Gasteiger partial charge in [-0.05, 0) is 18.4 Å². The van der Waals surface area contributed by atoms with E-state index in [0.29, 0.717) is 12.8 Å². The number of nitrogens with zero attached hydrogens (tertiary/aromatic N) is 1. The fourth-order valence-corrected chi connectivity index (χ4v) is 1.00. The van der Waals surface area contributed by atoms with Crippen LogP contribution in [0.5, 0.6) is 0 Å². The minimum Gasteiger partial charge on any atom is -0.231 e. The number of alkyl halides is 1. The van der Waals surface area contributed by atoms with Crippen molar-refractivity contribution in [3.8, 4) is 6.07 Å². The van der Waals surface area contributed by atoms with Gasteiger partial charge in [0.15, 0.2) is 6.17 Å². The molecule has 62 valence electrons. The molecule has 0 saturated heterocycles. The molecular weight excluding hydrogens is 153 g/mol. The molecule has 2 heteroatoms. The summed E-state index contributed by atoms with van der Waals surface area (Å²) in [6.45, 7) is 0. The topological polar surface area (TPSA) is 23.8 Å². The monoisotopic (exact) mass is 163 g/mol. The van der Waals surface area contributed by atoms with Crippen molar-refractivity contribution in [2.75, 3.05) is 0 Å². The van der Waals surface area contributed by atoms with Crippen LogP contribution in [0, 0.1) is 11.3 Å². The lowest BCUT2D eigenvalue weighted by atomic mass is 10.1.